The van der Waals surface area contributed by atoms with Gasteiger partial charge in [0.25, 0.3) is 0 Å². The molecule has 3 heterocycles. The molecule has 2 atom stereocenters. The normalized spacial score (nSPS) is 25.1. The summed E-state index contributed by atoms with van der Waals surface area (Å²) in [7, 11) is 0. The third-order valence-corrected chi connectivity index (χ3v) is 7.68. The van der Waals surface area contributed by atoms with Crippen molar-refractivity contribution in [2.45, 2.75) is 77.1 Å². The molecule has 3 aliphatic heterocycles. The van der Waals surface area contributed by atoms with E-state index in [0.29, 0.717) is 5.69 Å². The van der Waals surface area contributed by atoms with E-state index < -0.39 is 5.54 Å². The average Bonchev–Trinajstić information content (AvgIpc) is 3.12. The van der Waals surface area contributed by atoms with Crippen molar-refractivity contribution in [2.24, 2.45) is 4.99 Å². The van der Waals surface area contributed by atoms with Gasteiger partial charge in [-0.3, -0.25) is 9.80 Å². The van der Waals surface area contributed by atoms with Crippen molar-refractivity contribution >= 4 is 17.6 Å². The molecule has 7 heteroatoms. The zero-order valence-corrected chi connectivity index (χ0v) is 21.6. The van der Waals surface area contributed by atoms with Crippen LogP contribution >= 0.6 is 0 Å². The van der Waals surface area contributed by atoms with Gasteiger partial charge in [0.2, 0.25) is 0 Å². The largest absolute Gasteiger partial charge is 0.491 e. The molecular weight excluding hydrogens is 455 g/mol. The molecule has 2 unspecified atom stereocenters. The van der Waals surface area contributed by atoms with E-state index in [9.17, 15) is 9.18 Å². The Morgan fingerprint density at radius 1 is 1.08 bits per heavy atom. The molecule has 2 aromatic carbocycles. The van der Waals surface area contributed by atoms with E-state index in [0.717, 1.165) is 63.4 Å². The summed E-state index contributed by atoms with van der Waals surface area (Å²) in [5.41, 5.74) is 1.25. The molecule has 3 aliphatic rings. The number of piperidine rings is 2. The number of rotatable bonds is 5. The van der Waals surface area contributed by atoms with Crippen molar-refractivity contribution in [3.63, 3.8) is 0 Å². The first-order chi connectivity index (χ1) is 17.4. The number of amidine groups is 1. The van der Waals surface area contributed by atoms with E-state index in [1.165, 1.54) is 24.1 Å². The molecule has 1 spiro atoms. The van der Waals surface area contributed by atoms with Gasteiger partial charge in [-0.15, -0.1) is 0 Å². The predicted octanol–water partition coefficient (Wildman–Crippen LogP) is 5.86. The molecular formula is C29H37FN4O2. The molecule has 0 aliphatic carbocycles. The molecule has 2 fully saturated rings. The quantitative estimate of drug-likeness (QED) is 0.525. The van der Waals surface area contributed by atoms with Gasteiger partial charge in [-0.25, -0.2) is 9.18 Å². The summed E-state index contributed by atoms with van der Waals surface area (Å²) in [5.74, 6) is 1.44. The van der Waals surface area contributed by atoms with Gasteiger partial charge in [-0.2, -0.15) is 4.99 Å². The lowest BCUT2D eigenvalue weighted by Gasteiger charge is -2.50. The molecule has 2 amide bonds. The fourth-order valence-electron chi connectivity index (χ4n) is 6.10. The number of hydrogen-bond acceptors (Lipinski definition) is 4. The monoisotopic (exact) mass is 492 g/mol. The van der Waals surface area contributed by atoms with Crippen LogP contribution in [0.15, 0.2) is 53.5 Å². The van der Waals surface area contributed by atoms with Crippen molar-refractivity contribution in [1.29, 1.82) is 0 Å². The highest BCUT2D eigenvalue weighted by Gasteiger charge is 2.55. The maximum Gasteiger partial charge on any atom is 0.350 e. The SMILES string of the molecule is CC(C)Oc1cccc(CN2CCC3(CC2C)C(N2CCCCC2)=NC(=O)N3c2cccc(F)c2)c1. The minimum absolute atomic E-state index is 0.134. The Kier molecular flexibility index (Phi) is 7.02. The fourth-order valence-corrected chi connectivity index (χ4v) is 6.10. The number of carbonyl (C=O) groups is 1. The van der Waals surface area contributed by atoms with Crippen LogP contribution in [0.4, 0.5) is 14.9 Å². The van der Waals surface area contributed by atoms with Crippen LogP contribution in [0.3, 0.4) is 0 Å². The smallest absolute Gasteiger partial charge is 0.350 e. The van der Waals surface area contributed by atoms with Crippen LogP contribution in [0, 0.1) is 5.82 Å². The number of likely N-dealkylation sites (tertiary alicyclic amines) is 2. The van der Waals surface area contributed by atoms with E-state index >= 15 is 0 Å². The van der Waals surface area contributed by atoms with Crippen LogP contribution in [0.25, 0.3) is 0 Å². The molecule has 6 nitrogen and oxygen atoms in total. The lowest BCUT2D eigenvalue weighted by Crippen LogP contribution is -2.63. The molecule has 2 saturated heterocycles. The van der Waals surface area contributed by atoms with Gasteiger partial charge in [-0.05, 0) is 88.8 Å². The highest BCUT2D eigenvalue weighted by molar-refractivity contribution is 6.16. The number of carbonyl (C=O) groups excluding carboxylic acids is 1. The molecule has 2 aromatic rings. The number of urea groups is 1. The number of anilines is 1. The number of benzene rings is 2. The number of amides is 2. The first-order valence-electron chi connectivity index (χ1n) is 13.3. The Labute approximate surface area is 213 Å². The topological polar surface area (TPSA) is 48.4 Å². The van der Waals surface area contributed by atoms with Crippen molar-refractivity contribution in [3.05, 3.63) is 59.9 Å². The van der Waals surface area contributed by atoms with Crippen molar-refractivity contribution in [1.82, 2.24) is 9.80 Å². The molecule has 0 bridgehead atoms. The van der Waals surface area contributed by atoms with Crippen LogP contribution in [0.5, 0.6) is 5.75 Å². The molecule has 36 heavy (non-hydrogen) atoms. The van der Waals surface area contributed by atoms with Gasteiger partial charge < -0.3 is 9.64 Å². The van der Waals surface area contributed by atoms with E-state index in [1.807, 2.05) is 32.0 Å². The van der Waals surface area contributed by atoms with Crippen molar-refractivity contribution < 1.29 is 13.9 Å². The first kappa shape index (κ1) is 24.8. The van der Waals surface area contributed by atoms with Gasteiger partial charge in [-0.1, -0.05) is 18.2 Å². The number of aliphatic imine (C=N–C) groups is 1. The third-order valence-electron chi connectivity index (χ3n) is 7.68. The van der Waals surface area contributed by atoms with Gasteiger partial charge in [0.05, 0.1) is 6.10 Å². The van der Waals surface area contributed by atoms with Gasteiger partial charge in [0.15, 0.2) is 0 Å². The lowest BCUT2D eigenvalue weighted by molar-refractivity contribution is 0.118. The molecule has 0 radical (unpaired) electrons. The summed E-state index contributed by atoms with van der Waals surface area (Å²) >= 11 is 0. The molecule has 5 rings (SSSR count). The van der Waals surface area contributed by atoms with Gasteiger partial charge in [0.1, 0.15) is 22.9 Å². The fraction of sp³-hybridized carbons (Fsp3) is 0.517. The average molecular weight is 493 g/mol. The van der Waals surface area contributed by atoms with E-state index in [2.05, 4.69) is 33.8 Å². The Balaban J connectivity index is 1.42. The van der Waals surface area contributed by atoms with Crippen LogP contribution in [0.1, 0.15) is 58.4 Å². The number of nitrogens with zero attached hydrogens (tertiary/aromatic N) is 4. The van der Waals surface area contributed by atoms with Crippen LogP contribution < -0.4 is 9.64 Å². The highest BCUT2D eigenvalue weighted by Crippen LogP contribution is 2.43. The summed E-state index contributed by atoms with van der Waals surface area (Å²) in [6.45, 7) is 9.78. The summed E-state index contributed by atoms with van der Waals surface area (Å²) in [6.07, 6.45) is 5.08. The number of halogens is 1. The summed E-state index contributed by atoms with van der Waals surface area (Å²) in [4.78, 5) is 24.6. The third kappa shape index (κ3) is 4.85. The Morgan fingerprint density at radius 2 is 1.86 bits per heavy atom. The van der Waals surface area contributed by atoms with E-state index in [1.54, 1.807) is 11.0 Å². The number of hydrogen-bond donors (Lipinski definition) is 0. The van der Waals surface area contributed by atoms with E-state index in [4.69, 9.17) is 4.74 Å². The summed E-state index contributed by atoms with van der Waals surface area (Å²) < 4.78 is 20.1. The van der Waals surface area contributed by atoms with Crippen molar-refractivity contribution in [2.75, 3.05) is 24.5 Å². The second-order valence-electron chi connectivity index (χ2n) is 10.7. The van der Waals surface area contributed by atoms with Crippen LogP contribution in [-0.4, -0.2) is 59.0 Å². The molecule has 192 valence electrons. The Hall–Kier alpha value is -2.93. The standard InChI is InChI=1S/C29H37FN4O2/c1-21(2)36-26-12-7-9-23(17-26)20-33-16-13-29(19-22(33)3)27(32-14-5-4-6-15-32)31-28(35)34(29)25-11-8-10-24(30)18-25/h7-12,17-18,21-22H,4-6,13-16,19-20H2,1-3H3. The van der Waals surface area contributed by atoms with Crippen molar-refractivity contribution in [3.8, 4) is 5.75 Å². The molecule has 0 N–H and O–H groups in total. The highest BCUT2D eigenvalue weighted by atomic mass is 19.1. The minimum Gasteiger partial charge on any atom is -0.491 e. The van der Waals surface area contributed by atoms with Gasteiger partial charge >= 0.3 is 6.03 Å². The maximum absolute atomic E-state index is 14.2. The Bertz CT molecular complexity index is 1130. The number of ether oxygens (including phenoxy) is 1. The Morgan fingerprint density at radius 3 is 2.58 bits per heavy atom. The minimum atomic E-state index is -0.555. The lowest BCUT2D eigenvalue weighted by atomic mass is 9.80. The second kappa shape index (κ2) is 10.2. The van der Waals surface area contributed by atoms with Crippen LogP contribution in [0.2, 0.25) is 0 Å². The zero-order chi connectivity index (χ0) is 25.3. The van der Waals surface area contributed by atoms with Crippen LogP contribution in [-0.2, 0) is 6.54 Å². The van der Waals surface area contributed by atoms with Gasteiger partial charge in [0, 0.05) is 37.9 Å². The molecule has 0 aromatic heterocycles. The molecule has 0 saturated carbocycles. The summed E-state index contributed by atoms with van der Waals surface area (Å²) in [6, 6.07) is 14.6. The second-order valence-corrected chi connectivity index (χ2v) is 10.7. The predicted molar refractivity (Wildman–Crippen MR) is 141 cm³/mol. The summed E-state index contributed by atoms with van der Waals surface area (Å²) in [5, 5.41) is 0. The zero-order valence-electron chi connectivity index (χ0n) is 21.6. The maximum atomic E-state index is 14.2. The first-order valence-corrected chi connectivity index (χ1v) is 13.3. The van der Waals surface area contributed by atoms with E-state index in [-0.39, 0.29) is 24.0 Å².